The van der Waals surface area contributed by atoms with Gasteiger partial charge in [0.2, 0.25) is 5.91 Å². The molecular weight excluding hydrogens is 404 g/mol. The van der Waals surface area contributed by atoms with Crippen molar-refractivity contribution < 1.29 is 14.3 Å². The molecule has 7 heteroatoms. The molecule has 0 radical (unpaired) electrons. The molecule has 0 spiro atoms. The third-order valence-corrected chi connectivity index (χ3v) is 5.70. The molecule has 32 heavy (non-hydrogen) atoms. The first-order chi connectivity index (χ1) is 15.6. The molecule has 166 valence electrons. The first-order valence-electron chi connectivity index (χ1n) is 10.9. The minimum Gasteiger partial charge on any atom is -0.492 e. The van der Waals surface area contributed by atoms with E-state index in [0.717, 1.165) is 29.7 Å². The zero-order valence-corrected chi connectivity index (χ0v) is 18.2. The Kier molecular flexibility index (Phi) is 6.84. The van der Waals surface area contributed by atoms with Crippen molar-refractivity contribution in [1.29, 1.82) is 0 Å². The minimum atomic E-state index is -0.117. The average Bonchev–Trinajstić information content (AvgIpc) is 3.27. The van der Waals surface area contributed by atoms with Gasteiger partial charge >= 0.3 is 0 Å². The van der Waals surface area contributed by atoms with Crippen molar-refractivity contribution in [2.24, 2.45) is 7.05 Å². The van der Waals surface area contributed by atoms with Gasteiger partial charge in [0.25, 0.3) is 5.91 Å². The van der Waals surface area contributed by atoms with Crippen LogP contribution in [0.15, 0.2) is 67.0 Å². The van der Waals surface area contributed by atoms with Gasteiger partial charge in [-0.05, 0) is 24.5 Å². The molecule has 2 heterocycles. The van der Waals surface area contributed by atoms with E-state index in [4.69, 9.17) is 4.74 Å². The van der Waals surface area contributed by atoms with Crippen molar-refractivity contribution in [3.8, 4) is 16.9 Å². The monoisotopic (exact) mass is 432 g/mol. The summed E-state index contributed by atoms with van der Waals surface area (Å²) in [5, 5.41) is 7.07. The van der Waals surface area contributed by atoms with E-state index in [0.29, 0.717) is 31.7 Å². The average molecular weight is 433 g/mol. The Balaban J connectivity index is 1.23. The summed E-state index contributed by atoms with van der Waals surface area (Å²) in [5.74, 6) is 0.746. The Morgan fingerprint density at radius 1 is 1.06 bits per heavy atom. The predicted molar refractivity (Wildman–Crippen MR) is 122 cm³/mol. The van der Waals surface area contributed by atoms with Crippen LogP contribution >= 0.6 is 0 Å². The van der Waals surface area contributed by atoms with Gasteiger partial charge in [-0.3, -0.25) is 14.3 Å². The molecule has 0 bridgehead atoms. The first-order valence-corrected chi connectivity index (χ1v) is 10.9. The number of carbonyl (C=O) groups excluding carboxylic acids is 2. The number of piperidine rings is 1. The molecule has 7 nitrogen and oxygen atoms in total. The molecule has 1 aromatic heterocycles. The van der Waals surface area contributed by atoms with Crippen LogP contribution < -0.4 is 10.1 Å². The van der Waals surface area contributed by atoms with Crippen LogP contribution in [0, 0.1) is 0 Å². The van der Waals surface area contributed by atoms with E-state index in [1.165, 1.54) is 0 Å². The van der Waals surface area contributed by atoms with E-state index in [9.17, 15) is 9.59 Å². The van der Waals surface area contributed by atoms with Crippen LogP contribution in [0.4, 0.5) is 0 Å². The summed E-state index contributed by atoms with van der Waals surface area (Å²) in [5.41, 5.74) is 2.66. The quantitative estimate of drug-likeness (QED) is 0.622. The van der Waals surface area contributed by atoms with Gasteiger partial charge in [0, 0.05) is 37.9 Å². The third kappa shape index (κ3) is 5.35. The number of nitrogens with one attached hydrogen (secondary N) is 1. The SMILES string of the molecule is Cn1cc(C(=O)NC2CCN(C(=O)CCOc3ccccc3-c3ccccc3)CC2)cn1. The van der Waals surface area contributed by atoms with Crippen LogP contribution in [0.25, 0.3) is 11.1 Å². The zero-order chi connectivity index (χ0) is 22.3. The van der Waals surface area contributed by atoms with E-state index < -0.39 is 0 Å². The van der Waals surface area contributed by atoms with Crippen molar-refractivity contribution in [3.05, 3.63) is 72.6 Å². The molecule has 2 aromatic carbocycles. The summed E-state index contributed by atoms with van der Waals surface area (Å²) in [7, 11) is 1.78. The number of ether oxygens (including phenoxy) is 1. The lowest BCUT2D eigenvalue weighted by Gasteiger charge is -2.32. The number of aromatic nitrogens is 2. The van der Waals surface area contributed by atoms with Crippen LogP contribution in [0.2, 0.25) is 0 Å². The van der Waals surface area contributed by atoms with Gasteiger partial charge in [0.05, 0.1) is 24.8 Å². The van der Waals surface area contributed by atoms with E-state index in [-0.39, 0.29) is 17.9 Å². The summed E-state index contributed by atoms with van der Waals surface area (Å²) in [6.45, 7) is 1.61. The maximum Gasteiger partial charge on any atom is 0.254 e. The summed E-state index contributed by atoms with van der Waals surface area (Å²) in [4.78, 5) is 26.8. The molecular formula is C25H28N4O3. The smallest absolute Gasteiger partial charge is 0.254 e. The van der Waals surface area contributed by atoms with E-state index in [1.807, 2.05) is 59.5 Å². The number of benzene rings is 2. The van der Waals surface area contributed by atoms with E-state index in [2.05, 4.69) is 10.4 Å². The van der Waals surface area contributed by atoms with Gasteiger partial charge in [-0.2, -0.15) is 5.10 Å². The lowest BCUT2D eigenvalue weighted by molar-refractivity contribution is -0.132. The maximum atomic E-state index is 12.6. The van der Waals surface area contributed by atoms with Gasteiger partial charge in [0.1, 0.15) is 5.75 Å². The molecule has 0 atom stereocenters. The van der Waals surface area contributed by atoms with Crippen molar-refractivity contribution in [2.75, 3.05) is 19.7 Å². The molecule has 3 aromatic rings. The summed E-state index contributed by atoms with van der Waals surface area (Å²) >= 11 is 0. The number of carbonyl (C=O) groups is 2. The lowest BCUT2D eigenvalue weighted by atomic mass is 10.0. The highest BCUT2D eigenvalue weighted by molar-refractivity contribution is 5.93. The standard InChI is InChI=1S/C25H28N4O3/c1-28-18-20(17-26-28)25(31)27-21-11-14-29(15-12-21)24(30)13-16-32-23-10-6-5-9-22(23)19-7-3-2-4-8-19/h2-10,17-18,21H,11-16H2,1H3,(H,27,31). The number of hydrogen-bond donors (Lipinski definition) is 1. The number of rotatable bonds is 7. The Morgan fingerprint density at radius 3 is 2.50 bits per heavy atom. The second-order valence-electron chi connectivity index (χ2n) is 7.99. The molecule has 1 N–H and O–H groups in total. The van der Waals surface area contributed by atoms with Crippen molar-refractivity contribution >= 4 is 11.8 Å². The Bertz CT molecular complexity index is 1060. The molecule has 1 fully saturated rings. The summed E-state index contributed by atoms with van der Waals surface area (Å²) in [6.07, 6.45) is 5.08. The van der Waals surface area contributed by atoms with Gasteiger partial charge in [-0.1, -0.05) is 48.5 Å². The van der Waals surface area contributed by atoms with Gasteiger partial charge in [-0.15, -0.1) is 0 Å². The molecule has 0 unspecified atom stereocenters. The Labute approximate surface area is 188 Å². The fraction of sp³-hybridized carbons (Fsp3) is 0.320. The third-order valence-electron chi connectivity index (χ3n) is 5.70. The molecule has 0 aliphatic carbocycles. The normalized spacial score (nSPS) is 14.2. The van der Waals surface area contributed by atoms with Crippen LogP contribution in [-0.4, -0.2) is 52.2 Å². The minimum absolute atomic E-state index is 0.0701. The second kappa shape index (κ2) is 10.1. The largest absolute Gasteiger partial charge is 0.492 e. The predicted octanol–water partition coefficient (Wildman–Crippen LogP) is 3.28. The van der Waals surface area contributed by atoms with Crippen molar-refractivity contribution in [1.82, 2.24) is 20.0 Å². The number of nitrogens with zero attached hydrogens (tertiary/aromatic N) is 3. The van der Waals surface area contributed by atoms with Crippen LogP contribution in [0.5, 0.6) is 5.75 Å². The van der Waals surface area contributed by atoms with Gasteiger partial charge in [-0.25, -0.2) is 0 Å². The van der Waals surface area contributed by atoms with Crippen LogP contribution in [-0.2, 0) is 11.8 Å². The molecule has 1 aliphatic heterocycles. The highest BCUT2D eigenvalue weighted by Gasteiger charge is 2.24. The van der Waals surface area contributed by atoms with Gasteiger partial charge < -0.3 is 15.0 Å². The lowest BCUT2D eigenvalue weighted by Crippen LogP contribution is -2.46. The van der Waals surface area contributed by atoms with Crippen molar-refractivity contribution in [3.63, 3.8) is 0 Å². The highest BCUT2D eigenvalue weighted by atomic mass is 16.5. The number of para-hydroxylation sites is 1. The van der Waals surface area contributed by atoms with Gasteiger partial charge in [0.15, 0.2) is 0 Å². The highest BCUT2D eigenvalue weighted by Crippen LogP contribution is 2.29. The zero-order valence-electron chi connectivity index (χ0n) is 18.2. The van der Waals surface area contributed by atoms with E-state index >= 15 is 0 Å². The fourth-order valence-electron chi connectivity index (χ4n) is 3.94. The molecule has 1 saturated heterocycles. The number of hydrogen-bond acceptors (Lipinski definition) is 4. The summed E-state index contributed by atoms with van der Waals surface area (Å²) in [6, 6.07) is 18.0. The topological polar surface area (TPSA) is 76.5 Å². The van der Waals surface area contributed by atoms with Crippen molar-refractivity contribution in [2.45, 2.75) is 25.3 Å². The summed E-state index contributed by atoms with van der Waals surface area (Å²) < 4.78 is 7.57. The number of aryl methyl sites for hydroxylation is 1. The number of amides is 2. The Morgan fingerprint density at radius 2 is 1.78 bits per heavy atom. The molecule has 1 aliphatic rings. The van der Waals surface area contributed by atoms with Crippen LogP contribution in [0.1, 0.15) is 29.6 Å². The fourth-order valence-corrected chi connectivity index (χ4v) is 3.94. The molecule has 4 rings (SSSR count). The van der Waals surface area contributed by atoms with E-state index in [1.54, 1.807) is 24.1 Å². The van der Waals surface area contributed by atoms with Crippen LogP contribution in [0.3, 0.4) is 0 Å². The number of likely N-dealkylation sites (tertiary alicyclic amines) is 1. The Hall–Kier alpha value is -3.61. The molecule has 0 saturated carbocycles. The molecule has 2 amide bonds. The first kappa shape index (κ1) is 21.6. The maximum absolute atomic E-state index is 12.6. The second-order valence-corrected chi connectivity index (χ2v) is 7.99.